The Hall–Kier alpha value is -0.640. The van der Waals surface area contributed by atoms with Gasteiger partial charge in [-0.15, -0.1) is 0 Å². The van der Waals surface area contributed by atoms with Crippen LogP contribution in [0.1, 0.15) is 27.7 Å². The Morgan fingerprint density at radius 1 is 0.652 bits per heavy atom. The summed E-state index contributed by atoms with van der Waals surface area (Å²) in [6.07, 6.45) is 0. The highest BCUT2D eigenvalue weighted by Gasteiger charge is 3.03. The van der Waals surface area contributed by atoms with Crippen LogP contribution in [0.15, 0.2) is 0 Å². The second-order valence-corrected chi connectivity index (χ2v) is 6.63. The minimum Gasteiger partial charge on any atom is -0.343 e. The van der Waals surface area contributed by atoms with E-state index in [9.17, 15) is 30.7 Å². The number of ether oxygens (including phenoxy) is 2. The van der Waals surface area contributed by atoms with Gasteiger partial charge in [0.2, 0.25) is 5.67 Å². The Balaban J connectivity index is 4.10. The molecule has 1 aliphatic carbocycles. The summed E-state index contributed by atoms with van der Waals surface area (Å²) in [5.74, 6) is -20.9. The van der Waals surface area contributed by atoms with E-state index in [-0.39, 0.29) is 14.2 Å². The smallest absolute Gasteiger partial charge is 0.343 e. The topological polar surface area (TPSA) is 18.5 Å². The third kappa shape index (κ3) is 1.71. The van der Waals surface area contributed by atoms with Gasteiger partial charge >= 0.3 is 17.6 Å². The molecule has 2 nitrogen and oxygen atoms in total. The predicted octanol–water partition coefficient (Wildman–Crippen LogP) is 4.38. The molecule has 1 rings (SSSR count). The van der Waals surface area contributed by atoms with Gasteiger partial charge in [-0.25, -0.2) is 17.6 Å². The molecule has 0 heterocycles. The van der Waals surface area contributed by atoms with Crippen LogP contribution in [0.4, 0.5) is 35.1 Å². The Labute approximate surface area is 128 Å². The highest BCUT2D eigenvalue weighted by Crippen LogP contribution is 2.74. The van der Waals surface area contributed by atoms with Crippen molar-refractivity contribution in [2.24, 2.45) is 5.41 Å². The lowest BCUT2D eigenvalue weighted by Gasteiger charge is -2.46. The third-order valence-electron chi connectivity index (χ3n) is 4.38. The van der Waals surface area contributed by atoms with Crippen molar-refractivity contribution in [3.05, 3.63) is 0 Å². The summed E-state index contributed by atoms with van der Waals surface area (Å²) in [7, 11) is 0.544. The van der Waals surface area contributed by atoms with E-state index in [2.05, 4.69) is 9.47 Å². The van der Waals surface area contributed by atoms with Gasteiger partial charge in [-0.2, -0.15) is 17.6 Å². The standard InChI is InChI=1S/C13H18F8O2/c1-7(2,3)9(16)10(17,8(4,14)15)12(20,21)13(22-5,23-6)11(9,18)19/h1-6H3. The molecule has 138 valence electrons. The molecule has 0 N–H and O–H groups in total. The summed E-state index contributed by atoms with van der Waals surface area (Å²) in [5.41, 5.74) is -13.3. The molecule has 2 unspecified atom stereocenters. The molecule has 0 aromatic rings. The monoisotopic (exact) mass is 358 g/mol. The first-order valence-corrected chi connectivity index (χ1v) is 6.49. The molecule has 0 bridgehead atoms. The highest BCUT2D eigenvalue weighted by molar-refractivity contribution is 5.36. The molecule has 0 spiro atoms. The van der Waals surface area contributed by atoms with Crippen molar-refractivity contribution in [1.29, 1.82) is 0 Å². The van der Waals surface area contributed by atoms with Gasteiger partial charge in [-0.05, 0) is 0 Å². The largest absolute Gasteiger partial charge is 0.349 e. The molecule has 23 heavy (non-hydrogen) atoms. The van der Waals surface area contributed by atoms with E-state index in [1.54, 1.807) is 0 Å². The molecule has 10 heteroatoms. The Kier molecular flexibility index (Phi) is 4.18. The summed E-state index contributed by atoms with van der Waals surface area (Å²) in [4.78, 5) is 0. The van der Waals surface area contributed by atoms with Crippen LogP contribution in [0.5, 0.6) is 0 Å². The second-order valence-electron chi connectivity index (χ2n) is 6.63. The van der Waals surface area contributed by atoms with Crippen LogP contribution in [0, 0.1) is 5.41 Å². The van der Waals surface area contributed by atoms with E-state index in [1.807, 2.05) is 0 Å². The van der Waals surface area contributed by atoms with Gasteiger partial charge in [0.05, 0.1) is 0 Å². The number of hydrogen-bond donors (Lipinski definition) is 0. The zero-order valence-corrected chi connectivity index (χ0v) is 13.3. The van der Waals surface area contributed by atoms with Crippen LogP contribution in [-0.4, -0.2) is 49.1 Å². The van der Waals surface area contributed by atoms with Gasteiger partial charge in [0.1, 0.15) is 0 Å². The van der Waals surface area contributed by atoms with Crippen molar-refractivity contribution in [1.82, 2.24) is 0 Å². The van der Waals surface area contributed by atoms with E-state index < -0.39 is 47.2 Å². The van der Waals surface area contributed by atoms with Crippen molar-refractivity contribution in [2.45, 2.75) is 62.6 Å². The zero-order chi connectivity index (χ0) is 18.9. The minimum absolute atomic E-state index is 0.272. The predicted molar refractivity (Wildman–Crippen MR) is 64.4 cm³/mol. The van der Waals surface area contributed by atoms with Gasteiger partial charge in [0.25, 0.3) is 11.6 Å². The van der Waals surface area contributed by atoms with Gasteiger partial charge in [0.15, 0.2) is 0 Å². The molecular formula is C13H18F8O2. The summed E-state index contributed by atoms with van der Waals surface area (Å²) < 4.78 is 124. The van der Waals surface area contributed by atoms with E-state index in [4.69, 9.17) is 0 Å². The normalized spacial score (nSPS) is 36.3. The molecule has 0 amide bonds. The van der Waals surface area contributed by atoms with E-state index in [0.29, 0.717) is 20.8 Å². The van der Waals surface area contributed by atoms with Crippen molar-refractivity contribution < 1.29 is 44.6 Å². The SMILES string of the molecule is COC1(OC)C(F)(F)C(F)(C(C)(C)C)C(F)(C(C)(F)F)C1(F)F. The molecular weight excluding hydrogens is 340 g/mol. The van der Waals surface area contributed by atoms with E-state index >= 15 is 4.39 Å². The van der Waals surface area contributed by atoms with Crippen LogP contribution in [0.25, 0.3) is 0 Å². The van der Waals surface area contributed by atoms with Crippen molar-refractivity contribution in [3.8, 4) is 0 Å². The molecule has 0 radical (unpaired) electrons. The third-order valence-corrected chi connectivity index (χ3v) is 4.38. The highest BCUT2D eigenvalue weighted by atomic mass is 19.3. The van der Waals surface area contributed by atoms with E-state index in [0.717, 1.165) is 0 Å². The number of methoxy groups -OCH3 is 2. The molecule has 0 saturated heterocycles. The van der Waals surface area contributed by atoms with Crippen LogP contribution < -0.4 is 0 Å². The maximum atomic E-state index is 15.3. The molecule has 0 aliphatic heterocycles. The fourth-order valence-corrected chi connectivity index (χ4v) is 3.25. The average Bonchev–Trinajstić information content (AvgIpc) is 2.42. The van der Waals surface area contributed by atoms with Gasteiger partial charge in [-0.1, -0.05) is 20.8 Å². The summed E-state index contributed by atoms with van der Waals surface area (Å²) in [6.45, 7) is 1.44. The molecule has 2 atom stereocenters. The van der Waals surface area contributed by atoms with Crippen LogP contribution in [-0.2, 0) is 9.47 Å². The molecule has 1 saturated carbocycles. The number of halogens is 8. The lowest BCUT2D eigenvalue weighted by molar-refractivity contribution is -0.390. The van der Waals surface area contributed by atoms with Crippen LogP contribution in [0.3, 0.4) is 0 Å². The lowest BCUT2D eigenvalue weighted by atomic mass is 9.66. The second kappa shape index (κ2) is 4.71. The first-order valence-electron chi connectivity index (χ1n) is 6.49. The van der Waals surface area contributed by atoms with Gasteiger partial charge in [-0.3, -0.25) is 0 Å². The number of alkyl halides is 8. The fourth-order valence-electron chi connectivity index (χ4n) is 3.25. The average molecular weight is 358 g/mol. The number of rotatable bonds is 3. The Morgan fingerprint density at radius 2 is 0.957 bits per heavy atom. The Morgan fingerprint density at radius 3 is 1.13 bits per heavy atom. The van der Waals surface area contributed by atoms with Crippen molar-refractivity contribution in [2.75, 3.05) is 14.2 Å². The molecule has 1 aliphatic rings. The summed E-state index contributed by atoms with van der Waals surface area (Å²) >= 11 is 0. The quantitative estimate of drug-likeness (QED) is 0.551. The van der Waals surface area contributed by atoms with Crippen molar-refractivity contribution >= 4 is 0 Å². The summed E-state index contributed by atoms with van der Waals surface area (Å²) in [5, 5.41) is 0. The molecule has 1 fully saturated rings. The maximum absolute atomic E-state index is 15.3. The lowest BCUT2D eigenvalue weighted by Crippen LogP contribution is -2.70. The fraction of sp³-hybridized carbons (Fsp3) is 1.00. The summed E-state index contributed by atoms with van der Waals surface area (Å²) in [6, 6.07) is 0. The van der Waals surface area contributed by atoms with Crippen LogP contribution >= 0.6 is 0 Å². The first-order chi connectivity index (χ1) is 9.87. The first kappa shape index (κ1) is 20.4. The molecule has 0 aromatic heterocycles. The van der Waals surface area contributed by atoms with Crippen LogP contribution in [0.2, 0.25) is 0 Å². The zero-order valence-electron chi connectivity index (χ0n) is 13.3. The minimum atomic E-state index is -5.72. The van der Waals surface area contributed by atoms with Crippen molar-refractivity contribution in [3.63, 3.8) is 0 Å². The molecule has 0 aromatic carbocycles. The van der Waals surface area contributed by atoms with Gasteiger partial charge < -0.3 is 9.47 Å². The van der Waals surface area contributed by atoms with E-state index in [1.165, 1.54) is 0 Å². The maximum Gasteiger partial charge on any atom is 0.349 e. The number of hydrogen-bond acceptors (Lipinski definition) is 2. The van der Waals surface area contributed by atoms with Gasteiger partial charge in [0, 0.05) is 26.6 Å². The Bertz CT molecular complexity index is 437.